The first-order chi connectivity index (χ1) is 7.63. The molecule has 1 rings (SSSR count). The standard InChI is InChI=1S/C12H18N2OS/c1-3-8-16-9(2)12(15)14-11-6-4-10(13)5-7-11/h4-7,9H,3,8,13H2,1-2H3,(H,14,15). The predicted octanol–water partition coefficient (Wildman–Crippen LogP) is 2.74. The molecule has 0 radical (unpaired) electrons. The van der Waals surface area contributed by atoms with Crippen molar-refractivity contribution in [3.8, 4) is 0 Å². The molecule has 0 aliphatic rings. The number of amides is 1. The van der Waals surface area contributed by atoms with Crippen LogP contribution in [0.1, 0.15) is 20.3 Å². The molecule has 1 aromatic rings. The van der Waals surface area contributed by atoms with Crippen LogP contribution in [0.5, 0.6) is 0 Å². The topological polar surface area (TPSA) is 55.1 Å². The molecule has 0 spiro atoms. The van der Waals surface area contributed by atoms with Gasteiger partial charge in [-0.3, -0.25) is 4.79 Å². The Morgan fingerprint density at radius 2 is 2.06 bits per heavy atom. The minimum atomic E-state index is -0.0162. The SMILES string of the molecule is CCCSC(C)C(=O)Nc1ccc(N)cc1. The van der Waals surface area contributed by atoms with E-state index in [1.54, 1.807) is 23.9 Å². The van der Waals surface area contributed by atoms with Crippen LogP contribution in [0.25, 0.3) is 0 Å². The summed E-state index contributed by atoms with van der Waals surface area (Å²) in [6, 6.07) is 7.17. The lowest BCUT2D eigenvalue weighted by atomic mass is 10.3. The van der Waals surface area contributed by atoms with Crippen molar-refractivity contribution in [1.82, 2.24) is 0 Å². The van der Waals surface area contributed by atoms with E-state index in [0.29, 0.717) is 5.69 Å². The molecule has 1 atom stereocenters. The first kappa shape index (κ1) is 12.9. The van der Waals surface area contributed by atoms with Gasteiger partial charge in [0, 0.05) is 11.4 Å². The Labute approximate surface area is 101 Å². The van der Waals surface area contributed by atoms with Crippen LogP contribution < -0.4 is 11.1 Å². The maximum Gasteiger partial charge on any atom is 0.237 e. The van der Waals surface area contributed by atoms with E-state index in [4.69, 9.17) is 5.73 Å². The summed E-state index contributed by atoms with van der Waals surface area (Å²) in [5.74, 6) is 1.05. The van der Waals surface area contributed by atoms with Crippen molar-refractivity contribution in [3.05, 3.63) is 24.3 Å². The highest BCUT2D eigenvalue weighted by Crippen LogP contribution is 2.15. The summed E-state index contributed by atoms with van der Waals surface area (Å²) < 4.78 is 0. The molecule has 4 heteroatoms. The Kier molecular flexibility index (Phi) is 5.19. The van der Waals surface area contributed by atoms with E-state index in [1.165, 1.54) is 0 Å². The quantitative estimate of drug-likeness (QED) is 0.775. The first-order valence-corrected chi connectivity index (χ1v) is 6.46. The van der Waals surface area contributed by atoms with Gasteiger partial charge in [0.15, 0.2) is 0 Å². The van der Waals surface area contributed by atoms with Gasteiger partial charge in [0.05, 0.1) is 5.25 Å². The highest BCUT2D eigenvalue weighted by molar-refractivity contribution is 8.00. The van der Waals surface area contributed by atoms with Crippen LogP contribution in [0.4, 0.5) is 11.4 Å². The zero-order valence-corrected chi connectivity index (χ0v) is 10.5. The zero-order chi connectivity index (χ0) is 12.0. The Morgan fingerprint density at radius 3 is 2.62 bits per heavy atom. The van der Waals surface area contributed by atoms with E-state index in [2.05, 4.69) is 12.2 Å². The smallest absolute Gasteiger partial charge is 0.237 e. The summed E-state index contributed by atoms with van der Waals surface area (Å²) >= 11 is 1.67. The lowest BCUT2D eigenvalue weighted by molar-refractivity contribution is -0.115. The molecular weight excluding hydrogens is 220 g/mol. The third-order valence-corrected chi connectivity index (χ3v) is 3.48. The molecule has 1 aromatic carbocycles. The van der Waals surface area contributed by atoms with Gasteiger partial charge in [-0.15, -0.1) is 11.8 Å². The third kappa shape index (κ3) is 4.14. The van der Waals surface area contributed by atoms with E-state index in [-0.39, 0.29) is 11.2 Å². The van der Waals surface area contributed by atoms with Gasteiger partial charge < -0.3 is 11.1 Å². The van der Waals surface area contributed by atoms with Gasteiger partial charge in [-0.1, -0.05) is 6.92 Å². The lowest BCUT2D eigenvalue weighted by Gasteiger charge is -2.11. The van der Waals surface area contributed by atoms with Crippen LogP contribution in [0, 0.1) is 0 Å². The summed E-state index contributed by atoms with van der Waals surface area (Å²) in [5.41, 5.74) is 7.06. The van der Waals surface area contributed by atoms with Gasteiger partial charge in [-0.05, 0) is 43.4 Å². The molecule has 1 amide bonds. The van der Waals surface area contributed by atoms with Gasteiger partial charge in [-0.2, -0.15) is 0 Å². The monoisotopic (exact) mass is 238 g/mol. The lowest BCUT2D eigenvalue weighted by Crippen LogP contribution is -2.22. The molecule has 0 bridgehead atoms. The molecule has 0 saturated heterocycles. The summed E-state index contributed by atoms with van der Waals surface area (Å²) in [4.78, 5) is 11.7. The number of nitrogen functional groups attached to an aromatic ring is 1. The average Bonchev–Trinajstić information content (AvgIpc) is 2.29. The van der Waals surface area contributed by atoms with E-state index in [9.17, 15) is 4.79 Å². The second-order valence-electron chi connectivity index (χ2n) is 3.62. The molecule has 88 valence electrons. The molecule has 0 fully saturated rings. The number of carbonyl (C=O) groups is 1. The van der Waals surface area contributed by atoms with Crippen molar-refractivity contribution in [2.24, 2.45) is 0 Å². The summed E-state index contributed by atoms with van der Waals surface area (Å²) in [5, 5.41) is 2.85. The number of hydrogen-bond acceptors (Lipinski definition) is 3. The second kappa shape index (κ2) is 6.43. The Morgan fingerprint density at radius 1 is 1.44 bits per heavy atom. The van der Waals surface area contributed by atoms with Gasteiger partial charge in [-0.25, -0.2) is 0 Å². The molecule has 16 heavy (non-hydrogen) atoms. The second-order valence-corrected chi connectivity index (χ2v) is 5.07. The molecule has 0 aliphatic heterocycles. The van der Waals surface area contributed by atoms with Crippen LogP contribution in [0.2, 0.25) is 0 Å². The number of carbonyl (C=O) groups excluding carboxylic acids is 1. The van der Waals surface area contributed by atoms with E-state index in [1.807, 2.05) is 19.1 Å². The minimum absolute atomic E-state index is 0.0162. The van der Waals surface area contributed by atoms with Gasteiger partial charge in [0.1, 0.15) is 0 Å². The van der Waals surface area contributed by atoms with E-state index in [0.717, 1.165) is 17.9 Å². The molecule has 0 aliphatic carbocycles. The van der Waals surface area contributed by atoms with Gasteiger partial charge in [0.2, 0.25) is 5.91 Å². The molecule has 1 unspecified atom stereocenters. The van der Waals surface area contributed by atoms with Crippen molar-refractivity contribution in [2.75, 3.05) is 16.8 Å². The number of rotatable bonds is 5. The number of thioether (sulfide) groups is 1. The Hall–Kier alpha value is -1.16. The summed E-state index contributed by atoms with van der Waals surface area (Å²) in [6.07, 6.45) is 1.09. The fraction of sp³-hybridized carbons (Fsp3) is 0.417. The highest BCUT2D eigenvalue weighted by atomic mass is 32.2. The number of anilines is 2. The highest BCUT2D eigenvalue weighted by Gasteiger charge is 2.12. The molecule has 3 nitrogen and oxygen atoms in total. The maximum atomic E-state index is 11.7. The Balaban J connectivity index is 2.47. The number of nitrogens with two attached hydrogens (primary N) is 1. The number of hydrogen-bond donors (Lipinski definition) is 2. The average molecular weight is 238 g/mol. The minimum Gasteiger partial charge on any atom is -0.399 e. The molecule has 3 N–H and O–H groups in total. The van der Waals surface area contributed by atoms with Crippen LogP contribution >= 0.6 is 11.8 Å². The molecular formula is C12H18N2OS. The predicted molar refractivity (Wildman–Crippen MR) is 71.7 cm³/mol. The van der Waals surface area contributed by atoms with Crippen molar-refractivity contribution in [1.29, 1.82) is 0 Å². The van der Waals surface area contributed by atoms with Gasteiger partial charge >= 0.3 is 0 Å². The van der Waals surface area contributed by atoms with Crippen LogP contribution in [-0.2, 0) is 4.79 Å². The van der Waals surface area contributed by atoms with Crippen LogP contribution in [0.15, 0.2) is 24.3 Å². The normalized spacial score (nSPS) is 12.1. The fourth-order valence-corrected chi connectivity index (χ4v) is 1.98. The van der Waals surface area contributed by atoms with Crippen molar-refractivity contribution < 1.29 is 4.79 Å². The van der Waals surface area contributed by atoms with Gasteiger partial charge in [0.25, 0.3) is 0 Å². The summed E-state index contributed by atoms with van der Waals surface area (Å²) in [7, 11) is 0. The van der Waals surface area contributed by atoms with Crippen molar-refractivity contribution in [2.45, 2.75) is 25.5 Å². The van der Waals surface area contributed by atoms with Crippen molar-refractivity contribution in [3.63, 3.8) is 0 Å². The van der Waals surface area contributed by atoms with Crippen LogP contribution in [0.3, 0.4) is 0 Å². The number of nitrogens with one attached hydrogen (secondary N) is 1. The third-order valence-electron chi connectivity index (χ3n) is 2.12. The number of benzene rings is 1. The maximum absolute atomic E-state index is 11.7. The zero-order valence-electron chi connectivity index (χ0n) is 9.69. The van der Waals surface area contributed by atoms with Crippen LogP contribution in [-0.4, -0.2) is 16.9 Å². The molecule has 0 heterocycles. The van der Waals surface area contributed by atoms with E-state index >= 15 is 0 Å². The molecule has 0 aromatic heterocycles. The molecule has 0 saturated carbocycles. The Bertz CT molecular complexity index is 337. The first-order valence-electron chi connectivity index (χ1n) is 5.41. The fourth-order valence-electron chi connectivity index (χ4n) is 1.18. The van der Waals surface area contributed by atoms with Crippen molar-refractivity contribution >= 4 is 29.0 Å². The summed E-state index contributed by atoms with van der Waals surface area (Å²) in [6.45, 7) is 4.03. The van der Waals surface area contributed by atoms with E-state index < -0.39 is 0 Å². The largest absolute Gasteiger partial charge is 0.399 e.